The Balaban J connectivity index is 2.82. The molecule has 1 nitrogen and oxygen atoms in total. The van der Waals surface area contributed by atoms with Crippen molar-refractivity contribution in [3.05, 3.63) is 35.9 Å². The zero-order valence-corrected chi connectivity index (χ0v) is 9.54. The fraction of sp³-hybridized carbons (Fsp3) is 0.462. The lowest BCUT2D eigenvalue weighted by Crippen LogP contribution is -2.22. The van der Waals surface area contributed by atoms with Crippen molar-refractivity contribution in [3.8, 4) is 0 Å². The summed E-state index contributed by atoms with van der Waals surface area (Å²) in [6, 6.07) is 7.65. The predicted octanol–water partition coefficient (Wildman–Crippen LogP) is 3.78. The van der Waals surface area contributed by atoms with Crippen molar-refractivity contribution in [1.82, 2.24) is 0 Å². The SMILES string of the molecule is CCC(CC(F)(F)c1ccccc1)C(C)=O. The molecule has 3 heteroatoms. The van der Waals surface area contributed by atoms with E-state index in [4.69, 9.17) is 0 Å². The number of hydrogen-bond donors (Lipinski definition) is 0. The Kier molecular flexibility index (Phi) is 4.16. The van der Waals surface area contributed by atoms with E-state index in [1.54, 1.807) is 25.1 Å². The monoisotopic (exact) mass is 226 g/mol. The molecule has 0 N–H and O–H groups in total. The van der Waals surface area contributed by atoms with E-state index in [0.717, 1.165) is 0 Å². The molecular formula is C13H16F2O. The van der Waals surface area contributed by atoms with Crippen LogP contribution in [-0.4, -0.2) is 5.78 Å². The van der Waals surface area contributed by atoms with E-state index < -0.39 is 18.3 Å². The minimum Gasteiger partial charge on any atom is -0.300 e. The molecule has 0 saturated heterocycles. The van der Waals surface area contributed by atoms with Gasteiger partial charge in [-0.25, -0.2) is 8.78 Å². The van der Waals surface area contributed by atoms with Gasteiger partial charge in [0.2, 0.25) is 0 Å². The van der Waals surface area contributed by atoms with Crippen LogP contribution in [-0.2, 0) is 10.7 Å². The molecule has 0 aliphatic heterocycles. The van der Waals surface area contributed by atoms with Gasteiger partial charge in [0.1, 0.15) is 5.78 Å². The van der Waals surface area contributed by atoms with Crippen molar-refractivity contribution in [2.24, 2.45) is 5.92 Å². The summed E-state index contributed by atoms with van der Waals surface area (Å²) in [6.07, 6.45) is 0.0562. The van der Waals surface area contributed by atoms with Gasteiger partial charge in [0.25, 0.3) is 5.92 Å². The van der Waals surface area contributed by atoms with Crippen LogP contribution in [0.2, 0.25) is 0 Å². The van der Waals surface area contributed by atoms with Crippen LogP contribution in [0.25, 0.3) is 0 Å². The van der Waals surface area contributed by atoms with Gasteiger partial charge in [-0.15, -0.1) is 0 Å². The summed E-state index contributed by atoms with van der Waals surface area (Å²) in [5, 5.41) is 0. The number of alkyl halides is 2. The second kappa shape index (κ2) is 5.19. The Labute approximate surface area is 94.5 Å². The van der Waals surface area contributed by atoms with E-state index in [-0.39, 0.29) is 11.3 Å². The molecule has 1 atom stereocenters. The van der Waals surface area contributed by atoms with Crippen molar-refractivity contribution >= 4 is 5.78 Å². The van der Waals surface area contributed by atoms with Crippen LogP contribution in [0, 0.1) is 5.92 Å². The Morgan fingerprint density at radius 1 is 1.31 bits per heavy atom. The summed E-state index contributed by atoms with van der Waals surface area (Å²) < 4.78 is 27.6. The zero-order valence-electron chi connectivity index (χ0n) is 9.54. The van der Waals surface area contributed by atoms with Crippen LogP contribution < -0.4 is 0 Å². The van der Waals surface area contributed by atoms with E-state index in [1.165, 1.54) is 19.1 Å². The first-order valence-corrected chi connectivity index (χ1v) is 5.41. The van der Waals surface area contributed by atoms with Gasteiger partial charge < -0.3 is 0 Å². The van der Waals surface area contributed by atoms with E-state index in [9.17, 15) is 13.6 Å². The van der Waals surface area contributed by atoms with E-state index >= 15 is 0 Å². The number of carbonyl (C=O) groups is 1. The third kappa shape index (κ3) is 3.12. The predicted molar refractivity (Wildman–Crippen MR) is 59.4 cm³/mol. The van der Waals surface area contributed by atoms with Gasteiger partial charge in [-0.3, -0.25) is 4.79 Å². The number of carbonyl (C=O) groups excluding carboxylic acids is 1. The highest BCUT2D eigenvalue weighted by Crippen LogP contribution is 2.35. The molecular weight excluding hydrogens is 210 g/mol. The molecule has 0 saturated carbocycles. The van der Waals surface area contributed by atoms with Gasteiger partial charge >= 0.3 is 0 Å². The molecule has 0 radical (unpaired) electrons. The molecule has 0 spiro atoms. The van der Waals surface area contributed by atoms with Crippen molar-refractivity contribution < 1.29 is 13.6 Å². The maximum absolute atomic E-state index is 13.8. The first-order valence-electron chi connectivity index (χ1n) is 5.41. The van der Waals surface area contributed by atoms with Gasteiger partial charge in [0.05, 0.1) is 0 Å². The molecule has 0 aliphatic carbocycles. The lowest BCUT2D eigenvalue weighted by atomic mass is 9.91. The molecule has 0 heterocycles. The summed E-state index contributed by atoms with van der Waals surface area (Å²) in [6.45, 7) is 3.13. The van der Waals surface area contributed by atoms with Crippen molar-refractivity contribution in [2.75, 3.05) is 0 Å². The molecule has 0 aliphatic rings. The topological polar surface area (TPSA) is 17.1 Å². The van der Waals surface area contributed by atoms with E-state index in [0.29, 0.717) is 6.42 Å². The summed E-state index contributed by atoms with van der Waals surface area (Å²) in [5.74, 6) is -3.65. The Morgan fingerprint density at radius 3 is 2.31 bits per heavy atom. The molecule has 1 rings (SSSR count). The second-order valence-corrected chi connectivity index (χ2v) is 3.99. The molecule has 1 aromatic rings. The highest BCUT2D eigenvalue weighted by atomic mass is 19.3. The normalized spacial score (nSPS) is 13.5. The first kappa shape index (κ1) is 12.8. The third-order valence-electron chi connectivity index (χ3n) is 2.77. The summed E-state index contributed by atoms with van der Waals surface area (Å²) in [4.78, 5) is 11.2. The first-order chi connectivity index (χ1) is 7.47. The molecule has 0 fully saturated rings. The minimum absolute atomic E-state index is 0.0188. The average Bonchev–Trinajstić information content (AvgIpc) is 2.27. The van der Waals surface area contributed by atoms with Crippen LogP contribution >= 0.6 is 0 Å². The van der Waals surface area contributed by atoms with Gasteiger partial charge in [0.15, 0.2) is 0 Å². The van der Waals surface area contributed by atoms with Crippen LogP contribution in [0.5, 0.6) is 0 Å². The Bertz CT molecular complexity index is 346. The van der Waals surface area contributed by atoms with Crippen molar-refractivity contribution in [2.45, 2.75) is 32.6 Å². The maximum Gasteiger partial charge on any atom is 0.273 e. The van der Waals surface area contributed by atoms with Crippen LogP contribution in [0.15, 0.2) is 30.3 Å². The Morgan fingerprint density at radius 2 is 1.88 bits per heavy atom. The molecule has 1 unspecified atom stereocenters. The molecule has 0 aromatic heterocycles. The highest BCUT2D eigenvalue weighted by molar-refractivity contribution is 5.78. The molecule has 0 amide bonds. The third-order valence-corrected chi connectivity index (χ3v) is 2.77. The van der Waals surface area contributed by atoms with Gasteiger partial charge in [-0.05, 0) is 13.3 Å². The molecule has 16 heavy (non-hydrogen) atoms. The lowest BCUT2D eigenvalue weighted by molar-refractivity contribution is -0.124. The lowest BCUT2D eigenvalue weighted by Gasteiger charge is -2.21. The maximum atomic E-state index is 13.8. The van der Waals surface area contributed by atoms with Crippen molar-refractivity contribution in [3.63, 3.8) is 0 Å². The van der Waals surface area contributed by atoms with Gasteiger partial charge in [0, 0.05) is 17.9 Å². The standard InChI is InChI=1S/C13H16F2O/c1-3-11(10(2)16)9-13(14,15)12-7-5-4-6-8-12/h4-8,11H,3,9H2,1-2H3. The summed E-state index contributed by atoms with van der Waals surface area (Å²) in [5.41, 5.74) is -0.0188. The highest BCUT2D eigenvalue weighted by Gasteiger charge is 2.35. The van der Waals surface area contributed by atoms with Crippen LogP contribution in [0.4, 0.5) is 8.78 Å². The number of hydrogen-bond acceptors (Lipinski definition) is 1. The number of rotatable bonds is 5. The van der Waals surface area contributed by atoms with Gasteiger partial charge in [-0.1, -0.05) is 37.3 Å². The molecule has 1 aromatic carbocycles. The number of benzene rings is 1. The number of halogens is 2. The molecule has 0 bridgehead atoms. The zero-order chi connectivity index (χ0) is 12.2. The van der Waals surface area contributed by atoms with E-state index in [2.05, 4.69) is 0 Å². The fourth-order valence-electron chi connectivity index (χ4n) is 1.68. The van der Waals surface area contributed by atoms with Crippen molar-refractivity contribution in [1.29, 1.82) is 0 Å². The quantitative estimate of drug-likeness (QED) is 0.746. The average molecular weight is 226 g/mol. The summed E-state index contributed by atoms with van der Waals surface area (Å²) in [7, 11) is 0. The van der Waals surface area contributed by atoms with Gasteiger partial charge in [-0.2, -0.15) is 0 Å². The largest absolute Gasteiger partial charge is 0.300 e. The molecule has 88 valence electrons. The number of Topliss-reactive ketones (excluding diaryl/α,β-unsaturated/α-hetero) is 1. The fourth-order valence-corrected chi connectivity index (χ4v) is 1.68. The van der Waals surface area contributed by atoms with E-state index in [1.807, 2.05) is 0 Å². The number of ketones is 1. The smallest absolute Gasteiger partial charge is 0.273 e. The Hall–Kier alpha value is -1.25. The van der Waals surface area contributed by atoms with Crippen LogP contribution in [0.3, 0.4) is 0 Å². The second-order valence-electron chi connectivity index (χ2n) is 3.99. The minimum atomic E-state index is -2.92. The van der Waals surface area contributed by atoms with Crippen LogP contribution in [0.1, 0.15) is 32.3 Å². The summed E-state index contributed by atoms with van der Waals surface area (Å²) >= 11 is 0.